The normalized spacial score (nSPS) is 13.3. The summed E-state index contributed by atoms with van der Waals surface area (Å²) in [5.74, 6) is -1.04. The van der Waals surface area contributed by atoms with Crippen molar-refractivity contribution < 1.29 is 14.6 Å². The molecule has 0 aliphatic rings. The van der Waals surface area contributed by atoms with E-state index in [9.17, 15) is 9.50 Å². The molecule has 0 radical (unpaired) electrons. The number of hydrogen-bond donors (Lipinski definition) is 2. The lowest BCUT2D eigenvalue weighted by Gasteiger charge is -2.14. The van der Waals surface area contributed by atoms with Gasteiger partial charge in [-0.25, -0.2) is 4.39 Å². The molecule has 0 aliphatic heterocycles. The third-order valence-corrected chi connectivity index (χ3v) is 1.94. The number of aromatic hydroxyl groups is 1. The van der Waals surface area contributed by atoms with Crippen LogP contribution in [0.1, 0.15) is 25.5 Å². The topological polar surface area (TPSA) is 40.5 Å². The molecule has 3 heteroatoms. The van der Waals surface area contributed by atoms with Crippen LogP contribution < -0.4 is 0 Å². The summed E-state index contributed by atoms with van der Waals surface area (Å²) in [6, 6.07) is 3.87. The molecule has 0 saturated heterocycles. The van der Waals surface area contributed by atoms with Gasteiger partial charge in [0, 0.05) is 0 Å². The van der Waals surface area contributed by atoms with Crippen LogP contribution in [0, 0.1) is 11.7 Å². The number of aliphatic hydroxyl groups is 1. The maximum absolute atomic E-state index is 12.6. The number of benzene rings is 1. The van der Waals surface area contributed by atoms with E-state index in [1.165, 1.54) is 12.1 Å². The molecule has 1 aromatic carbocycles. The molecule has 2 nitrogen and oxygen atoms in total. The smallest absolute Gasteiger partial charge is 0.164 e. The molecule has 13 heavy (non-hydrogen) atoms. The summed E-state index contributed by atoms with van der Waals surface area (Å²) >= 11 is 0. The SMILES string of the molecule is CC(C)C(O)c1ccc(F)c(O)c1. The molecule has 1 atom stereocenters. The molecule has 0 aromatic heterocycles. The van der Waals surface area contributed by atoms with Gasteiger partial charge in [-0.3, -0.25) is 0 Å². The predicted molar refractivity (Wildman–Crippen MR) is 47.9 cm³/mol. The highest BCUT2D eigenvalue weighted by Crippen LogP contribution is 2.25. The van der Waals surface area contributed by atoms with E-state index in [1.807, 2.05) is 13.8 Å². The van der Waals surface area contributed by atoms with Gasteiger partial charge in [0.2, 0.25) is 0 Å². The van der Waals surface area contributed by atoms with E-state index in [4.69, 9.17) is 5.11 Å². The van der Waals surface area contributed by atoms with Crippen LogP contribution in [0.4, 0.5) is 4.39 Å². The summed E-state index contributed by atoms with van der Waals surface area (Å²) in [7, 11) is 0. The fraction of sp³-hybridized carbons (Fsp3) is 0.400. The van der Waals surface area contributed by atoms with Gasteiger partial charge in [-0.05, 0) is 23.6 Å². The highest BCUT2D eigenvalue weighted by atomic mass is 19.1. The Labute approximate surface area is 76.6 Å². The summed E-state index contributed by atoms with van der Waals surface area (Å²) in [6.45, 7) is 3.70. The first-order chi connectivity index (χ1) is 6.02. The van der Waals surface area contributed by atoms with Gasteiger partial charge in [-0.2, -0.15) is 0 Å². The second-order valence-electron chi connectivity index (χ2n) is 3.40. The lowest BCUT2D eigenvalue weighted by atomic mass is 9.99. The first-order valence-electron chi connectivity index (χ1n) is 4.19. The summed E-state index contributed by atoms with van der Waals surface area (Å²) in [5.41, 5.74) is 0.536. The van der Waals surface area contributed by atoms with E-state index in [0.717, 1.165) is 6.07 Å². The van der Waals surface area contributed by atoms with Gasteiger partial charge in [-0.15, -0.1) is 0 Å². The van der Waals surface area contributed by atoms with Crippen LogP contribution in [0.2, 0.25) is 0 Å². The fourth-order valence-corrected chi connectivity index (χ4v) is 1.10. The molecule has 0 spiro atoms. The summed E-state index contributed by atoms with van der Waals surface area (Å²) in [5, 5.41) is 18.6. The Kier molecular flexibility index (Phi) is 2.88. The zero-order valence-corrected chi connectivity index (χ0v) is 7.66. The second kappa shape index (κ2) is 3.75. The highest BCUT2D eigenvalue weighted by Gasteiger charge is 2.13. The lowest BCUT2D eigenvalue weighted by molar-refractivity contribution is 0.126. The molecule has 1 aromatic rings. The number of phenolic OH excluding ortho intramolecular Hbond substituents is 1. The van der Waals surface area contributed by atoms with Crippen molar-refractivity contribution in [2.75, 3.05) is 0 Å². The molecule has 0 fully saturated rings. The third-order valence-electron chi connectivity index (χ3n) is 1.94. The van der Waals surface area contributed by atoms with Gasteiger partial charge in [0.1, 0.15) is 0 Å². The van der Waals surface area contributed by atoms with Crippen LogP contribution in [0.25, 0.3) is 0 Å². The van der Waals surface area contributed by atoms with Crippen molar-refractivity contribution in [3.63, 3.8) is 0 Å². The van der Waals surface area contributed by atoms with Crippen LogP contribution >= 0.6 is 0 Å². The van der Waals surface area contributed by atoms with Crippen molar-refractivity contribution in [3.05, 3.63) is 29.6 Å². The number of phenols is 1. The van der Waals surface area contributed by atoms with Crippen LogP contribution in [0.3, 0.4) is 0 Å². The monoisotopic (exact) mass is 184 g/mol. The van der Waals surface area contributed by atoms with Crippen molar-refractivity contribution in [2.45, 2.75) is 20.0 Å². The van der Waals surface area contributed by atoms with E-state index >= 15 is 0 Å². The van der Waals surface area contributed by atoms with Crippen molar-refractivity contribution in [2.24, 2.45) is 5.92 Å². The minimum absolute atomic E-state index is 0.0462. The van der Waals surface area contributed by atoms with Crippen LogP contribution in [-0.4, -0.2) is 10.2 Å². The highest BCUT2D eigenvalue weighted by molar-refractivity contribution is 5.30. The fourth-order valence-electron chi connectivity index (χ4n) is 1.10. The average molecular weight is 184 g/mol. The number of rotatable bonds is 2. The molecular formula is C10H13FO2. The van der Waals surface area contributed by atoms with E-state index in [1.54, 1.807) is 0 Å². The van der Waals surface area contributed by atoms with Crippen LogP contribution in [-0.2, 0) is 0 Å². The van der Waals surface area contributed by atoms with E-state index < -0.39 is 17.7 Å². The predicted octanol–water partition coefficient (Wildman–Crippen LogP) is 2.22. The summed E-state index contributed by atoms with van der Waals surface area (Å²) in [6.07, 6.45) is -0.661. The Morgan fingerprint density at radius 1 is 1.31 bits per heavy atom. The van der Waals surface area contributed by atoms with Gasteiger partial charge in [0.25, 0.3) is 0 Å². The Balaban J connectivity index is 2.97. The Hall–Kier alpha value is -1.09. The average Bonchev–Trinajstić information content (AvgIpc) is 2.08. The molecule has 0 aliphatic carbocycles. The van der Waals surface area contributed by atoms with Crippen molar-refractivity contribution in [3.8, 4) is 5.75 Å². The number of hydrogen-bond acceptors (Lipinski definition) is 2. The Bertz CT molecular complexity index is 297. The molecule has 1 unspecified atom stereocenters. The maximum atomic E-state index is 12.6. The van der Waals surface area contributed by atoms with Gasteiger partial charge in [0.05, 0.1) is 6.10 Å². The minimum atomic E-state index is -0.667. The molecule has 0 amide bonds. The number of aliphatic hydroxyl groups excluding tert-OH is 1. The molecule has 0 bridgehead atoms. The Morgan fingerprint density at radius 3 is 2.38 bits per heavy atom. The molecule has 1 rings (SSSR count). The second-order valence-corrected chi connectivity index (χ2v) is 3.40. The third kappa shape index (κ3) is 2.18. The Morgan fingerprint density at radius 2 is 1.92 bits per heavy atom. The van der Waals surface area contributed by atoms with E-state index in [0.29, 0.717) is 5.56 Å². The van der Waals surface area contributed by atoms with Gasteiger partial charge in [0.15, 0.2) is 11.6 Å². The standard InChI is InChI=1S/C10H13FO2/c1-6(2)10(13)7-3-4-8(11)9(12)5-7/h3-6,10,12-13H,1-2H3. The summed E-state index contributed by atoms with van der Waals surface area (Å²) in [4.78, 5) is 0. The number of halogens is 1. The molecule has 2 N–H and O–H groups in total. The van der Waals surface area contributed by atoms with E-state index in [2.05, 4.69) is 0 Å². The van der Waals surface area contributed by atoms with Crippen molar-refractivity contribution in [1.29, 1.82) is 0 Å². The van der Waals surface area contributed by atoms with E-state index in [-0.39, 0.29) is 5.92 Å². The van der Waals surface area contributed by atoms with Gasteiger partial charge >= 0.3 is 0 Å². The zero-order valence-electron chi connectivity index (χ0n) is 7.66. The minimum Gasteiger partial charge on any atom is -0.505 e. The zero-order chi connectivity index (χ0) is 10.0. The molecule has 72 valence electrons. The first kappa shape index (κ1) is 9.99. The van der Waals surface area contributed by atoms with Gasteiger partial charge < -0.3 is 10.2 Å². The lowest BCUT2D eigenvalue weighted by Crippen LogP contribution is -2.05. The quantitative estimate of drug-likeness (QED) is 0.739. The van der Waals surface area contributed by atoms with Crippen molar-refractivity contribution >= 4 is 0 Å². The molecule has 0 heterocycles. The summed E-state index contributed by atoms with van der Waals surface area (Å²) < 4.78 is 12.6. The molecule has 0 saturated carbocycles. The van der Waals surface area contributed by atoms with Gasteiger partial charge in [-0.1, -0.05) is 19.9 Å². The molecular weight excluding hydrogens is 171 g/mol. The largest absolute Gasteiger partial charge is 0.505 e. The van der Waals surface area contributed by atoms with Crippen LogP contribution in [0.15, 0.2) is 18.2 Å². The first-order valence-corrected chi connectivity index (χ1v) is 4.19. The van der Waals surface area contributed by atoms with Crippen molar-refractivity contribution in [1.82, 2.24) is 0 Å². The maximum Gasteiger partial charge on any atom is 0.164 e. The van der Waals surface area contributed by atoms with Crippen LogP contribution in [0.5, 0.6) is 5.75 Å².